The second-order valence-electron chi connectivity index (χ2n) is 12.2. The topological polar surface area (TPSA) is 252 Å². The van der Waals surface area contributed by atoms with E-state index < -0.39 is 78.8 Å². The van der Waals surface area contributed by atoms with Crippen molar-refractivity contribution in [3.05, 3.63) is 59.7 Å². The van der Waals surface area contributed by atoms with Crippen LogP contribution < -0.4 is 32.7 Å². The summed E-state index contributed by atoms with van der Waals surface area (Å²) in [5.74, 6) is -4.94. The van der Waals surface area contributed by atoms with Crippen LogP contribution in [0.2, 0.25) is 0 Å². The number of alkyl carbamates (subject to hydrolysis) is 1. The van der Waals surface area contributed by atoms with Crippen molar-refractivity contribution in [2.45, 2.75) is 76.2 Å². The monoisotopic (exact) mass is 668 g/mol. The van der Waals surface area contributed by atoms with Gasteiger partial charge in [-0.2, -0.15) is 0 Å². The number of aliphatic hydroxyl groups excluding tert-OH is 1. The lowest BCUT2D eigenvalue weighted by Gasteiger charge is -2.29. The highest BCUT2D eigenvalue weighted by Crippen LogP contribution is 2.44. The summed E-state index contributed by atoms with van der Waals surface area (Å²) >= 11 is 0. The largest absolute Gasteiger partial charge is 0.481 e. The molecule has 0 saturated heterocycles. The summed E-state index contributed by atoms with van der Waals surface area (Å²) in [4.78, 5) is 73.5. The minimum Gasteiger partial charge on any atom is -0.481 e. The minimum absolute atomic E-state index is 0.0333. The van der Waals surface area contributed by atoms with Crippen LogP contribution in [0.3, 0.4) is 0 Å². The number of hydrogen-bond donors (Lipinski definition) is 8. The first-order valence-corrected chi connectivity index (χ1v) is 15.6. The van der Waals surface area contributed by atoms with Gasteiger partial charge in [0.2, 0.25) is 23.6 Å². The van der Waals surface area contributed by atoms with E-state index >= 15 is 0 Å². The van der Waals surface area contributed by atoms with E-state index in [1.165, 1.54) is 6.92 Å². The van der Waals surface area contributed by atoms with Gasteiger partial charge >= 0.3 is 12.1 Å². The molecule has 0 fully saturated rings. The molecule has 1 aliphatic rings. The number of rotatable bonds is 18. The second kappa shape index (κ2) is 17.2. The Morgan fingerprint density at radius 1 is 0.812 bits per heavy atom. The molecule has 5 atom stereocenters. The number of aliphatic carboxylic acids is 1. The van der Waals surface area contributed by atoms with Crippen molar-refractivity contribution >= 4 is 35.7 Å². The molecular formula is C33H44N6O9. The van der Waals surface area contributed by atoms with E-state index in [0.29, 0.717) is 0 Å². The molecule has 2 aromatic carbocycles. The molecular weight excluding hydrogens is 624 g/mol. The number of primary amides is 2. The van der Waals surface area contributed by atoms with Crippen LogP contribution in [0.1, 0.15) is 57.1 Å². The van der Waals surface area contributed by atoms with Crippen LogP contribution in [-0.2, 0) is 28.7 Å². The predicted molar refractivity (Wildman–Crippen MR) is 174 cm³/mol. The van der Waals surface area contributed by atoms with Crippen molar-refractivity contribution in [2.24, 2.45) is 17.4 Å². The molecule has 10 N–H and O–H groups in total. The van der Waals surface area contributed by atoms with Gasteiger partial charge in [0, 0.05) is 12.5 Å². The number of ether oxygens (including phenoxy) is 1. The average Bonchev–Trinajstić information content (AvgIpc) is 3.34. The fraction of sp³-hybridized carbons (Fsp3) is 0.455. The summed E-state index contributed by atoms with van der Waals surface area (Å²) in [6, 6.07) is 10.7. The molecule has 0 spiro atoms. The maximum atomic E-state index is 13.4. The van der Waals surface area contributed by atoms with Crippen LogP contribution in [0.5, 0.6) is 0 Å². The van der Waals surface area contributed by atoms with Gasteiger partial charge < -0.3 is 47.7 Å². The maximum Gasteiger partial charge on any atom is 0.407 e. The number of nitrogens with one attached hydrogen (secondary N) is 4. The normalized spacial score (nSPS) is 15.2. The van der Waals surface area contributed by atoms with Crippen LogP contribution in [0, 0.1) is 5.92 Å². The molecule has 0 unspecified atom stereocenters. The van der Waals surface area contributed by atoms with Gasteiger partial charge in [-0.05, 0) is 41.5 Å². The van der Waals surface area contributed by atoms with Crippen molar-refractivity contribution in [3.63, 3.8) is 0 Å². The van der Waals surface area contributed by atoms with Gasteiger partial charge in [0.1, 0.15) is 18.7 Å². The van der Waals surface area contributed by atoms with E-state index in [2.05, 4.69) is 21.3 Å². The molecule has 1 aliphatic carbocycles. The third kappa shape index (κ3) is 10.5. The molecule has 5 amide bonds. The van der Waals surface area contributed by atoms with Crippen LogP contribution >= 0.6 is 0 Å². The minimum atomic E-state index is -1.44. The number of carbonyl (C=O) groups excluding carboxylic acids is 5. The SMILES string of the molecule is CC(C)C[C@H](NC(=O)[C@H](CC(N)=O)NC(=O)OCC1c2ccccc2-c2ccccc21)[C@@H](O)CN[C@@H](CC(=O)O)C(=O)N[C@@H](C)C(N)=O. The molecule has 2 aromatic rings. The van der Waals surface area contributed by atoms with E-state index in [-0.39, 0.29) is 31.4 Å². The standard InChI is InChI=1S/C33H44N6O9/c1-17(2)12-24(27(40)15-36-25(14-29(42)43)31(45)37-18(3)30(35)44)38-32(46)26(13-28(34)41)39-33(47)48-16-23-21-10-6-4-8-19(21)20-9-5-7-11-22(20)23/h4-11,17-18,23-27,36,40H,12-16H2,1-3H3,(H2,34,41)(H2,35,44)(H,37,45)(H,38,46)(H,39,47)(H,42,43)/t18-,24-,25-,26-,27-/m0/s1. The Bertz CT molecular complexity index is 1450. The summed E-state index contributed by atoms with van der Waals surface area (Å²) in [6.07, 6.45) is -3.29. The Hall–Kier alpha value is -5.02. The van der Waals surface area contributed by atoms with E-state index in [4.69, 9.17) is 16.2 Å². The lowest BCUT2D eigenvalue weighted by Crippen LogP contribution is -2.57. The van der Waals surface area contributed by atoms with Crippen LogP contribution in [0.25, 0.3) is 11.1 Å². The summed E-state index contributed by atoms with van der Waals surface area (Å²) < 4.78 is 5.52. The zero-order chi connectivity index (χ0) is 35.5. The third-order valence-electron chi connectivity index (χ3n) is 7.93. The fourth-order valence-electron chi connectivity index (χ4n) is 5.52. The number of carbonyl (C=O) groups is 6. The first-order valence-electron chi connectivity index (χ1n) is 15.6. The van der Waals surface area contributed by atoms with Crippen LogP contribution in [0.15, 0.2) is 48.5 Å². The Labute approximate surface area is 278 Å². The van der Waals surface area contributed by atoms with Gasteiger partial charge in [-0.3, -0.25) is 24.0 Å². The summed E-state index contributed by atoms with van der Waals surface area (Å²) in [5, 5.41) is 30.3. The smallest absolute Gasteiger partial charge is 0.407 e. The summed E-state index contributed by atoms with van der Waals surface area (Å²) in [7, 11) is 0. The van der Waals surface area contributed by atoms with Crippen molar-refractivity contribution in [3.8, 4) is 11.1 Å². The molecule has 0 bridgehead atoms. The molecule has 0 radical (unpaired) electrons. The highest BCUT2D eigenvalue weighted by molar-refractivity contribution is 5.91. The number of carboxylic acid groups (broad SMARTS) is 1. The number of hydrogen-bond acceptors (Lipinski definition) is 9. The summed E-state index contributed by atoms with van der Waals surface area (Å²) in [6.45, 7) is 4.63. The molecule has 15 heteroatoms. The van der Waals surface area contributed by atoms with Crippen LogP contribution in [-0.4, -0.2) is 89.3 Å². The van der Waals surface area contributed by atoms with Crippen LogP contribution in [0.4, 0.5) is 4.79 Å². The number of carboxylic acids is 1. The van der Waals surface area contributed by atoms with Crippen molar-refractivity contribution in [2.75, 3.05) is 13.2 Å². The first-order chi connectivity index (χ1) is 22.7. The highest BCUT2D eigenvalue weighted by atomic mass is 16.5. The fourth-order valence-corrected chi connectivity index (χ4v) is 5.52. The van der Waals surface area contributed by atoms with Crippen molar-refractivity contribution in [1.82, 2.24) is 21.3 Å². The highest BCUT2D eigenvalue weighted by Gasteiger charge is 2.32. The van der Waals surface area contributed by atoms with E-state index in [0.717, 1.165) is 22.3 Å². The van der Waals surface area contributed by atoms with Gasteiger partial charge in [0.25, 0.3) is 0 Å². The molecule has 0 saturated carbocycles. The molecule has 48 heavy (non-hydrogen) atoms. The Morgan fingerprint density at radius 3 is 1.90 bits per heavy atom. The van der Waals surface area contributed by atoms with Crippen molar-refractivity contribution in [1.29, 1.82) is 0 Å². The molecule has 260 valence electrons. The lowest BCUT2D eigenvalue weighted by molar-refractivity contribution is -0.140. The van der Waals surface area contributed by atoms with E-state index in [1.54, 1.807) is 0 Å². The van der Waals surface area contributed by atoms with Crippen molar-refractivity contribution < 1.29 is 43.7 Å². The third-order valence-corrected chi connectivity index (χ3v) is 7.93. The van der Waals surface area contributed by atoms with Gasteiger partial charge in [-0.25, -0.2) is 4.79 Å². The van der Waals surface area contributed by atoms with Gasteiger partial charge in [-0.15, -0.1) is 0 Å². The Morgan fingerprint density at radius 2 is 1.38 bits per heavy atom. The van der Waals surface area contributed by atoms with E-state index in [1.807, 2.05) is 62.4 Å². The number of benzene rings is 2. The number of nitrogens with two attached hydrogens (primary N) is 2. The quantitative estimate of drug-likeness (QED) is 0.106. The number of fused-ring (bicyclic) bond motifs is 3. The van der Waals surface area contributed by atoms with Gasteiger partial charge in [0.05, 0.1) is 31.0 Å². The first kappa shape index (κ1) is 37.4. The summed E-state index contributed by atoms with van der Waals surface area (Å²) in [5.41, 5.74) is 14.6. The predicted octanol–water partition coefficient (Wildman–Crippen LogP) is 0.0838. The number of aliphatic hydroxyl groups is 1. The zero-order valence-corrected chi connectivity index (χ0v) is 27.1. The molecule has 0 aromatic heterocycles. The Balaban J connectivity index is 1.66. The molecule has 15 nitrogen and oxygen atoms in total. The van der Waals surface area contributed by atoms with Gasteiger partial charge in [-0.1, -0.05) is 62.4 Å². The Kier molecular flexibility index (Phi) is 13.4. The maximum absolute atomic E-state index is 13.4. The number of amides is 5. The second-order valence-corrected chi connectivity index (χ2v) is 12.2. The molecule has 0 aliphatic heterocycles. The molecule has 0 heterocycles. The van der Waals surface area contributed by atoms with E-state index in [9.17, 15) is 39.0 Å². The zero-order valence-electron chi connectivity index (χ0n) is 27.1. The van der Waals surface area contributed by atoms with Gasteiger partial charge in [0.15, 0.2) is 0 Å². The average molecular weight is 669 g/mol. The lowest BCUT2D eigenvalue weighted by atomic mass is 9.98. The molecule has 3 rings (SSSR count).